The summed E-state index contributed by atoms with van der Waals surface area (Å²) >= 11 is 0.513. The number of benzene rings is 1. The van der Waals surface area contributed by atoms with Crippen molar-refractivity contribution in [2.45, 2.75) is 19.1 Å². The zero-order chi connectivity index (χ0) is 8.10. The lowest BCUT2D eigenvalue weighted by Gasteiger charge is -2.01. The zero-order valence-electron chi connectivity index (χ0n) is 7.66. The van der Waals surface area contributed by atoms with E-state index in [4.69, 9.17) is 0 Å². The van der Waals surface area contributed by atoms with Crippen LogP contribution in [0.2, 0.25) is 5.28 Å². The van der Waals surface area contributed by atoms with Crippen LogP contribution in [-0.4, -0.2) is 15.2 Å². The molecule has 0 aromatic heterocycles. The summed E-state index contributed by atoms with van der Waals surface area (Å²) in [5.74, 6) is 0.852. The highest BCUT2D eigenvalue weighted by Gasteiger charge is 1.97. The van der Waals surface area contributed by atoms with Gasteiger partial charge in [-0.1, -0.05) is 55.4 Å². The van der Waals surface area contributed by atoms with Gasteiger partial charge in [0.1, 0.15) is 0 Å². The number of rotatable bonds is 3. The Hall–Kier alpha value is -0.318. The summed E-state index contributed by atoms with van der Waals surface area (Å²) in [6, 6.07) is 10.8. The fourth-order valence-electron chi connectivity index (χ4n) is 0.961. The lowest BCUT2D eigenvalue weighted by molar-refractivity contribution is 0.732. The third-order valence-electron chi connectivity index (χ3n) is 1.62. The first kappa shape index (κ1) is 11.7. The highest BCUT2D eigenvalue weighted by molar-refractivity contribution is 6.53. The molecular formula is C10H15AlF. The smallest absolute Gasteiger partial charge is 0.250 e. The summed E-state index contributed by atoms with van der Waals surface area (Å²) in [5.41, 5.74) is 0. The van der Waals surface area contributed by atoms with E-state index in [1.165, 1.54) is 5.28 Å². The Bertz CT molecular complexity index is 196. The number of halogens is 1. The van der Waals surface area contributed by atoms with Crippen molar-refractivity contribution in [2.24, 2.45) is 5.92 Å². The fraction of sp³-hybridized carbons (Fsp3) is 0.400. The highest BCUT2D eigenvalue weighted by atomic mass is 27.1. The van der Waals surface area contributed by atoms with Crippen molar-refractivity contribution in [3.05, 3.63) is 30.3 Å². The monoisotopic (exact) mass is 181 g/mol. The van der Waals surface area contributed by atoms with Crippen molar-refractivity contribution in [2.75, 3.05) is 0 Å². The van der Waals surface area contributed by atoms with Crippen LogP contribution in [0.15, 0.2) is 30.3 Å². The normalized spacial score (nSPS) is 9.25. The predicted octanol–water partition coefficient (Wildman–Crippen LogP) is 2.24. The summed E-state index contributed by atoms with van der Waals surface area (Å²) in [5, 5.41) is 1.38. The lowest BCUT2D eigenvalue weighted by Crippen LogP contribution is -2.14. The van der Waals surface area contributed by atoms with Crippen LogP contribution in [-0.2, 0) is 0 Å². The van der Waals surface area contributed by atoms with Crippen LogP contribution < -0.4 is 4.43 Å². The average molecular weight is 181 g/mol. The molecule has 0 amide bonds. The predicted molar refractivity (Wildman–Crippen MR) is 54.0 cm³/mol. The molecule has 0 heterocycles. The SMILES string of the molecule is CC(C)[CH2][Al][c]1ccccc1.F. The second-order valence-electron chi connectivity index (χ2n) is 3.24. The van der Waals surface area contributed by atoms with Gasteiger partial charge in [-0.15, -0.1) is 4.43 Å². The average Bonchev–Trinajstić information content (AvgIpc) is 2.03. The van der Waals surface area contributed by atoms with Crippen molar-refractivity contribution < 1.29 is 4.70 Å². The van der Waals surface area contributed by atoms with Gasteiger partial charge in [-0.05, 0) is 0 Å². The molecule has 0 saturated carbocycles. The number of hydrogen-bond acceptors (Lipinski definition) is 0. The first-order valence-corrected chi connectivity index (χ1v) is 5.56. The third kappa shape index (κ3) is 4.54. The van der Waals surface area contributed by atoms with E-state index >= 15 is 0 Å². The molecule has 2 heteroatoms. The Morgan fingerprint density at radius 3 is 2.25 bits per heavy atom. The van der Waals surface area contributed by atoms with Crippen molar-refractivity contribution in [3.8, 4) is 0 Å². The van der Waals surface area contributed by atoms with Crippen LogP contribution >= 0.6 is 0 Å². The van der Waals surface area contributed by atoms with Crippen LogP contribution in [0.4, 0.5) is 4.70 Å². The minimum absolute atomic E-state index is 0. The Morgan fingerprint density at radius 2 is 1.75 bits per heavy atom. The van der Waals surface area contributed by atoms with Gasteiger partial charge in [0.05, 0.1) is 0 Å². The summed E-state index contributed by atoms with van der Waals surface area (Å²) in [7, 11) is 0. The van der Waals surface area contributed by atoms with Gasteiger partial charge in [0.25, 0.3) is 15.2 Å². The molecule has 0 N–H and O–H groups in total. The van der Waals surface area contributed by atoms with Crippen LogP contribution in [0.1, 0.15) is 13.8 Å². The lowest BCUT2D eigenvalue weighted by atomic mass is 10.3. The molecule has 1 aromatic carbocycles. The molecule has 0 bridgehead atoms. The molecule has 1 radical (unpaired) electrons. The molecule has 0 nitrogen and oxygen atoms in total. The van der Waals surface area contributed by atoms with Crippen LogP contribution in [0.5, 0.6) is 0 Å². The van der Waals surface area contributed by atoms with Crippen LogP contribution in [0.3, 0.4) is 0 Å². The topological polar surface area (TPSA) is 0 Å². The zero-order valence-corrected chi connectivity index (χ0v) is 8.81. The van der Waals surface area contributed by atoms with E-state index in [2.05, 4.69) is 44.2 Å². The van der Waals surface area contributed by atoms with Gasteiger partial charge in [0, 0.05) is 0 Å². The molecule has 12 heavy (non-hydrogen) atoms. The van der Waals surface area contributed by atoms with Gasteiger partial charge in [-0.25, -0.2) is 0 Å². The van der Waals surface area contributed by atoms with Crippen LogP contribution in [0, 0.1) is 5.92 Å². The minimum Gasteiger partial charge on any atom is -0.269 e. The summed E-state index contributed by atoms with van der Waals surface area (Å²) in [6.07, 6.45) is 0. The van der Waals surface area contributed by atoms with Crippen molar-refractivity contribution >= 4 is 19.6 Å². The second-order valence-corrected chi connectivity index (χ2v) is 4.79. The minimum atomic E-state index is 0. The molecule has 0 unspecified atom stereocenters. The van der Waals surface area contributed by atoms with Crippen molar-refractivity contribution in [1.29, 1.82) is 0 Å². The van der Waals surface area contributed by atoms with E-state index in [-0.39, 0.29) is 4.70 Å². The van der Waals surface area contributed by atoms with Gasteiger partial charge in [0.15, 0.2) is 0 Å². The standard InChI is InChI=1S/C6H5.C4H9.Al.FH/c1-2-4-6-5-3-1;1-4(2)3;;/h1-5H;4H,1H2,2-3H3;;1H. The van der Waals surface area contributed by atoms with Gasteiger partial charge in [-0.2, -0.15) is 0 Å². The number of hydrogen-bond donors (Lipinski definition) is 0. The maximum Gasteiger partial charge on any atom is 0.250 e. The largest absolute Gasteiger partial charge is 0.269 e. The molecule has 0 saturated heterocycles. The molecule has 1 rings (SSSR count). The van der Waals surface area contributed by atoms with E-state index in [0.717, 1.165) is 5.92 Å². The van der Waals surface area contributed by atoms with E-state index < -0.39 is 0 Å². The Labute approximate surface area is 80.1 Å². The first-order chi connectivity index (χ1) is 5.29. The molecular weight excluding hydrogens is 166 g/mol. The van der Waals surface area contributed by atoms with Gasteiger partial charge in [0.2, 0.25) is 0 Å². The molecule has 0 aliphatic heterocycles. The summed E-state index contributed by atoms with van der Waals surface area (Å²) in [4.78, 5) is 0. The molecule has 0 spiro atoms. The first-order valence-electron chi connectivity index (χ1n) is 4.17. The molecule has 1 aromatic rings. The molecule has 0 aliphatic rings. The maximum absolute atomic E-state index is 2.29. The maximum atomic E-state index is 2.29. The second kappa shape index (κ2) is 6.23. The quantitative estimate of drug-likeness (QED) is 0.627. The third-order valence-corrected chi connectivity index (χ3v) is 3.66. The Kier molecular flexibility index (Phi) is 6.06. The Balaban J connectivity index is 0.00000121. The van der Waals surface area contributed by atoms with E-state index in [1.54, 1.807) is 4.43 Å². The molecule has 65 valence electrons. The molecule has 0 aliphatic carbocycles. The molecule has 0 atom stereocenters. The van der Waals surface area contributed by atoms with Crippen molar-refractivity contribution in [1.82, 2.24) is 0 Å². The fourth-order valence-corrected chi connectivity index (χ4v) is 2.20. The Morgan fingerprint density at radius 1 is 1.17 bits per heavy atom. The van der Waals surface area contributed by atoms with E-state index in [0.29, 0.717) is 15.2 Å². The van der Waals surface area contributed by atoms with E-state index in [9.17, 15) is 0 Å². The molecule has 0 fully saturated rings. The van der Waals surface area contributed by atoms with E-state index in [1.807, 2.05) is 0 Å². The summed E-state index contributed by atoms with van der Waals surface area (Å²) in [6.45, 7) is 4.58. The van der Waals surface area contributed by atoms with Crippen molar-refractivity contribution in [3.63, 3.8) is 0 Å². The van der Waals surface area contributed by atoms with Gasteiger partial charge >= 0.3 is 0 Å². The van der Waals surface area contributed by atoms with Gasteiger partial charge < -0.3 is 0 Å². The van der Waals surface area contributed by atoms with Gasteiger partial charge in [-0.3, -0.25) is 4.70 Å². The summed E-state index contributed by atoms with van der Waals surface area (Å²) < 4.78 is 1.54. The highest BCUT2D eigenvalue weighted by Crippen LogP contribution is 1.98. The van der Waals surface area contributed by atoms with Crippen LogP contribution in [0.25, 0.3) is 0 Å².